The maximum Gasteiger partial charge on any atom is 0.241 e. The molecular weight excluding hydrogens is 276 g/mol. The Labute approximate surface area is 119 Å². The van der Waals surface area contributed by atoms with Crippen LogP contribution in [0.3, 0.4) is 0 Å². The van der Waals surface area contributed by atoms with Gasteiger partial charge in [0.1, 0.15) is 11.3 Å². The van der Waals surface area contributed by atoms with Crippen molar-refractivity contribution in [3.63, 3.8) is 0 Å². The van der Waals surface area contributed by atoms with Crippen molar-refractivity contribution in [2.75, 3.05) is 13.2 Å². The van der Waals surface area contributed by atoms with Crippen LogP contribution in [0.25, 0.3) is 10.9 Å². The molecule has 0 bridgehead atoms. The molecule has 0 aliphatic heterocycles. The second-order valence-electron chi connectivity index (χ2n) is 4.29. The summed E-state index contributed by atoms with van der Waals surface area (Å²) in [5.74, 6) is 0.595. The minimum atomic E-state index is -3.53. The molecule has 108 valence electrons. The first kappa shape index (κ1) is 14.7. The molecule has 5 nitrogen and oxygen atoms in total. The first-order valence-corrected chi connectivity index (χ1v) is 8.08. The van der Waals surface area contributed by atoms with Crippen molar-refractivity contribution in [2.45, 2.75) is 25.2 Å². The molecule has 0 radical (unpaired) electrons. The standard InChI is InChI=1S/C14H18N2O3S/c1-3-9-16-20(17,18)13-8-7-12(19-4-2)14-11(13)6-5-10-15-14/h5-8,10,16H,3-4,9H2,1-2H3. The van der Waals surface area contributed by atoms with Gasteiger partial charge in [-0.3, -0.25) is 4.98 Å². The van der Waals surface area contributed by atoms with E-state index in [-0.39, 0.29) is 4.90 Å². The van der Waals surface area contributed by atoms with Crippen molar-refractivity contribution in [1.82, 2.24) is 9.71 Å². The van der Waals surface area contributed by atoms with E-state index in [1.165, 1.54) is 0 Å². The van der Waals surface area contributed by atoms with Gasteiger partial charge in [-0.2, -0.15) is 0 Å². The minimum Gasteiger partial charge on any atom is -0.492 e. The van der Waals surface area contributed by atoms with Gasteiger partial charge in [0.25, 0.3) is 0 Å². The van der Waals surface area contributed by atoms with Gasteiger partial charge in [-0.15, -0.1) is 0 Å². The van der Waals surface area contributed by atoms with Crippen LogP contribution in [-0.4, -0.2) is 26.6 Å². The molecule has 6 heteroatoms. The van der Waals surface area contributed by atoms with Crippen LogP contribution in [0.5, 0.6) is 5.75 Å². The summed E-state index contributed by atoms with van der Waals surface area (Å²) in [4.78, 5) is 4.47. The molecule has 0 atom stereocenters. The summed E-state index contributed by atoms with van der Waals surface area (Å²) in [6.45, 7) is 4.71. The Morgan fingerprint density at radius 3 is 2.75 bits per heavy atom. The molecule has 20 heavy (non-hydrogen) atoms. The number of fused-ring (bicyclic) bond motifs is 1. The monoisotopic (exact) mass is 294 g/mol. The lowest BCUT2D eigenvalue weighted by molar-refractivity contribution is 0.343. The second kappa shape index (κ2) is 6.19. The topological polar surface area (TPSA) is 68.3 Å². The number of benzene rings is 1. The van der Waals surface area contributed by atoms with Crippen molar-refractivity contribution < 1.29 is 13.2 Å². The van der Waals surface area contributed by atoms with E-state index < -0.39 is 10.0 Å². The quantitative estimate of drug-likeness (QED) is 0.887. The zero-order valence-corrected chi connectivity index (χ0v) is 12.4. The summed E-state index contributed by atoms with van der Waals surface area (Å²) in [5.41, 5.74) is 0.564. The van der Waals surface area contributed by atoms with Crippen molar-refractivity contribution in [1.29, 1.82) is 0 Å². The summed E-state index contributed by atoms with van der Waals surface area (Å²) in [6.07, 6.45) is 2.37. The molecule has 2 rings (SSSR count). The molecule has 0 saturated heterocycles. The third kappa shape index (κ3) is 2.91. The van der Waals surface area contributed by atoms with Gasteiger partial charge in [0.15, 0.2) is 0 Å². The molecule has 1 aromatic carbocycles. The van der Waals surface area contributed by atoms with Gasteiger partial charge in [-0.05, 0) is 37.6 Å². The van der Waals surface area contributed by atoms with E-state index in [1.54, 1.807) is 30.5 Å². The molecule has 0 aliphatic rings. The average molecular weight is 294 g/mol. The fraction of sp³-hybridized carbons (Fsp3) is 0.357. The zero-order valence-electron chi connectivity index (χ0n) is 11.6. The van der Waals surface area contributed by atoms with Gasteiger partial charge in [0.2, 0.25) is 10.0 Å². The Balaban J connectivity index is 2.59. The summed E-state index contributed by atoms with van der Waals surface area (Å²) < 4.78 is 32.7. The molecule has 0 fully saturated rings. The number of sulfonamides is 1. The Kier molecular flexibility index (Phi) is 4.57. The third-order valence-corrected chi connectivity index (χ3v) is 4.34. The average Bonchev–Trinajstić information content (AvgIpc) is 2.45. The number of hydrogen-bond donors (Lipinski definition) is 1. The number of hydrogen-bond acceptors (Lipinski definition) is 4. The van der Waals surface area contributed by atoms with Crippen LogP contribution >= 0.6 is 0 Å². The fourth-order valence-corrected chi connectivity index (χ4v) is 3.27. The maximum absolute atomic E-state index is 12.3. The van der Waals surface area contributed by atoms with Gasteiger partial charge < -0.3 is 4.74 Å². The lowest BCUT2D eigenvalue weighted by atomic mass is 10.2. The lowest BCUT2D eigenvalue weighted by Crippen LogP contribution is -2.24. The molecule has 0 unspecified atom stereocenters. The van der Waals surface area contributed by atoms with Crippen LogP contribution in [0.2, 0.25) is 0 Å². The maximum atomic E-state index is 12.3. The molecule has 0 spiro atoms. The first-order valence-electron chi connectivity index (χ1n) is 6.60. The highest BCUT2D eigenvalue weighted by atomic mass is 32.2. The number of ether oxygens (including phenoxy) is 1. The molecule has 1 aromatic heterocycles. The largest absolute Gasteiger partial charge is 0.492 e. The Morgan fingerprint density at radius 1 is 1.25 bits per heavy atom. The predicted octanol–water partition coefficient (Wildman–Crippen LogP) is 2.32. The summed E-state index contributed by atoms with van der Waals surface area (Å²) in [5, 5.41) is 0.571. The van der Waals surface area contributed by atoms with Crippen LogP contribution in [0.4, 0.5) is 0 Å². The van der Waals surface area contributed by atoms with Gasteiger partial charge >= 0.3 is 0 Å². The molecule has 0 saturated carbocycles. The molecule has 0 aliphatic carbocycles. The van der Waals surface area contributed by atoms with Crippen LogP contribution in [0.1, 0.15) is 20.3 Å². The lowest BCUT2D eigenvalue weighted by Gasteiger charge is -2.11. The van der Waals surface area contributed by atoms with Gasteiger partial charge in [0.05, 0.1) is 11.5 Å². The SMILES string of the molecule is CCCNS(=O)(=O)c1ccc(OCC)c2ncccc12. The zero-order chi connectivity index (χ0) is 14.6. The predicted molar refractivity (Wildman–Crippen MR) is 78.4 cm³/mol. The number of rotatable bonds is 6. The second-order valence-corrected chi connectivity index (χ2v) is 6.03. The van der Waals surface area contributed by atoms with Crippen molar-refractivity contribution in [3.8, 4) is 5.75 Å². The Morgan fingerprint density at radius 2 is 2.05 bits per heavy atom. The first-order chi connectivity index (χ1) is 9.60. The number of nitrogens with zero attached hydrogens (tertiary/aromatic N) is 1. The van der Waals surface area contributed by atoms with Crippen LogP contribution in [-0.2, 0) is 10.0 Å². The van der Waals surface area contributed by atoms with Gasteiger partial charge in [-0.1, -0.05) is 6.92 Å². The van der Waals surface area contributed by atoms with Gasteiger partial charge in [0, 0.05) is 18.1 Å². The van der Waals surface area contributed by atoms with E-state index in [0.717, 1.165) is 6.42 Å². The smallest absolute Gasteiger partial charge is 0.241 e. The number of aromatic nitrogens is 1. The number of nitrogens with one attached hydrogen (secondary N) is 1. The molecule has 0 amide bonds. The molecule has 1 N–H and O–H groups in total. The van der Waals surface area contributed by atoms with Crippen molar-refractivity contribution in [3.05, 3.63) is 30.5 Å². The third-order valence-electron chi connectivity index (χ3n) is 2.82. The molecule has 1 heterocycles. The van der Waals surface area contributed by atoms with Crippen molar-refractivity contribution >= 4 is 20.9 Å². The van der Waals surface area contributed by atoms with Crippen LogP contribution in [0, 0.1) is 0 Å². The molecular formula is C14H18N2O3S. The Bertz CT molecular complexity index is 699. The Hall–Kier alpha value is -1.66. The van der Waals surface area contributed by atoms with Crippen molar-refractivity contribution in [2.24, 2.45) is 0 Å². The van der Waals surface area contributed by atoms with E-state index in [2.05, 4.69) is 9.71 Å². The van der Waals surface area contributed by atoms with E-state index in [4.69, 9.17) is 4.74 Å². The van der Waals surface area contributed by atoms with Crippen LogP contribution < -0.4 is 9.46 Å². The fourth-order valence-electron chi connectivity index (χ4n) is 1.94. The normalized spacial score (nSPS) is 11.7. The van der Waals surface area contributed by atoms with Crippen LogP contribution in [0.15, 0.2) is 35.4 Å². The van der Waals surface area contributed by atoms with Gasteiger partial charge in [-0.25, -0.2) is 13.1 Å². The van der Waals surface area contributed by atoms with E-state index in [9.17, 15) is 8.42 Å². The van der Waals surface area contributed by atoms with E-state index in [0.29, 0.717) is 29.8 Å². The van der Waals surface area contributed by atoms with E-state index >= 15 is 0 Å². The minimum absolute atomic E-state index is 0.234. The number of pyridine rings is 1. The summed E-state index contributed by atoms with van der Waals surface area (Å²) in [7, 11) is -3.53. The highest BCUT2D eigenvalue weighted by Crippen LogP contribution is 2.29. The van der Waals surface area contributed by atoms with E-state index in [1.807, 2.05) is 13.8 Å². The summed E-state index contributed by atoms with van der Waals surface area (Å²) in [6, 6.07) is 6.68. The highest BCUT2D eigenvalue weighted by Gasteiger charge is 2.18. The summed E-state index contributed by atoms with van der Waals surface area (Å²) >= 11 is 0. The molecule has 2 aromatic rings. The highest BCUT2D eigenvalue weighted by molar-refractivity contribution is 7.89.